The lowest BCUT2D eigenvalue weighted by Gasteiger charge is -2.29. The molecule has 2 aromatic heterocycles. The van der Waals surface area contributed by atoms with Gasteiger partial charge in [-0.15, -0.1) is 0 Å². The van der Waals surface area contributed by atoms with Crippen LogP contribution in [0, 0.1) is 11.8 Å². The van der Waals surface area contributed by atoms with Crippen molar-refractivity contribution in [1.29, 1.82) is 0 Å². The van der Waals surface area contributed by atoms with Crippen molar-refractivity contribution in [1.82, 2.24) is 24.4 Å². The van der Waals surface area contributed by atoms with Gasteiger partial charge in [0.05, 0.1) is 41.5 Å². The third-order valence-electron chi connectivity index (χ3n) is 6.10. The second-order valence-electron chi connectivity index (χ2n) is 8.32. The molecule has 1 aliphatic heterocycles. The molecule has 180 valence electrons. The number of imidazole rings is 2. The Hall–Kier alpha value is -3.21. The standard InChI is InChI=1S/C23H28BrN7O3/c1-4-17(15(11-34-14(2)32)9-16-10-25-13-30(16)3)22(33)31-8-7-26-23(31)29-18-5-6-19-21(20(18)24)28-12-27-19/h5-6,10,12-13,15,17H,4,7-9,11H2,1-3H3,(H,26,29)(H,27,28)/t15-,17-/m0/s1. The van der Waals surface area contributed by atoms with E-state index in [2.05, 4.69) is 41.2 Å². The highest BCUT2D eigenvalue weighted by Crippen LogP contribution is 2.31. The van der Waals surface area contributed by atoms with Crippen molar-refractivity contribution in [3.05, 3.63) is 41.2 Å². The first kappa shape index (κ1) is 23.9. The number of aromatic nitrogens is 4. The fraction of sp³-hybridized carbons (Fsp3) is 0.435. The van der Waals surface area contributed by atoms with E-state index in [4.69, 9.17) is 4.74 Å². The highest BCUT2D eigenvalue weighted by atomic mass is 79.9. The number of nitrogens with one attached hydrogen (secondary N) is 2. The van der Waals surface area contributed by atoms with E-state index >= 15 is 0 Å². The monoisotopic (exact) mass is 529 g/mol. The molecule has 0 aliphatic carbocycles. The number of nitrogens with zero attached hydrogens (tertiary/aromatic N) is 5. The van der Waals surface area contributed by atoms with Crippen LogP contribution in [0.3, 0.4) is 0 Å². The number of rotatable bonds is 8. The van der Waals surface area contributed by atoms with Gasteiger partial charge in [-0.3, -0.25) is 19.5 Å². The van der Waals surface area contributed by atoms with Crippen molar-refractivity contribution in [2.75, 3.05) is 25.0 Å². The van der Waals surface area contributed by atoms with Crippen LogP contribution in [0.1, 0.15) is 26.0 Å². The molecule has 3 heterocycles. The molecule has 1 aromatic carbocycles. The lowest BCUT2D eigenvalue weighted by atomic mass is 9.85. The number of hydrogen-bond donors (Lipinski definition) is 2. The van der Waals surface area contributed by atoms with Gasteiger partial charge in [0.1, 0.15) is 5.52 Å². The van der Waals surface area contributed by atoms with E-state index in [1.54, 1.807) is 23.8 Å². The van der Waals surface area contributed by atoms with Crippen LogP contribution in [0.5, 0.6) is 0 Å². The number of ether oxygens (including phenoxy) is 1. The van der Waals surface area contributed by atoms with Gasteiger partial charge >= 0.3 is 5.97 Å². The zero-order valence-corrected chi connectivity index (χ0v) is 21.0. The molecule has 0 fully saturated rings. The molecule has 34 heavy (non-hydrogen) atoms. The second kappa shape index (κ2) is 10.4. The topological polar surface area (TPSA) is 118 Å². The Balaban J connectivity index is 1.54. The van der Waals surface area contributed by atoms with E-state index in [1.807, 2.05) is 30.7 Å². The average Bonchev–Trinajstić information content (AvgIpc) is 3.56. The molecule has 10 nitrogen and oxygen atoms in total. The molecule has 1 aliphatic rings. The Morgan fingerprint density at radius 3 is 2.88 bits per heavy atom. The molecule has 3 aromatic rings. The number of hydrogen-bond acceptors (Lipinski definition) is 7. The van der Waals surface area contributed by atoms with Gasteiger partial charge in [-0.2, -0.15) is 0 Å². The normalized spacial score (nSPS) is 15.3. The summed E-state index contributed by atoms with van der Waals surface area (Å²) in [6, 6.07) is 3.84. The Bertz CT molecular complexity index is 1220. The minimum Gasteiger partial charge on any atom is -0.466 e. The Morgan fingerprint density at radius 1 is 1.35 bits per heavy atom. The van der Waals surface area contributed by atoms with Crippen molar-refractivity contribution in [3.63, 3.8) is 0 Å². The Morgan fingerprint density at radius 2 is 2.18 bits per heavy atom. The number of esters is 1. The van der Waals surface area contributed by atoms with Gasteiger partial charge in [0.15, 0.2) is 0 Å². The Kier molecular flexibility index (Phi) is 7.30. The number of aromatic amines is 1. The van der Waals surface area contributed by atoms with Crippen LogP contribution in [0.4, 0.5) is 5.69 Å². The molecule has 0 bridgehead atoms. The number of benzene rings is 1. The lowest BCUT2D eigenvalue weighted by molar-refractivity contribution is -0.145. The molecular formula is C23H28BrN7O3. The van der Waals surface area contributed by atoms with Gasteiger partial charge in [0, 0.05) is 44.2 Å². The van der Waals surface area contributed by atoms with Gasteiger partial charge in [0.25, 0.3) is 0 Å². The van der Waals surface area contributed by atoms with Crippen molar-refractivity contribution in [3.8, 4) is 0 Å². The molecule has 0 saturated carbocycles. The fourth-order valence-corrected chi connectivity index (χ4v) is 4.81. The molecule has 2 atom stereocenters. The summed E-state index contributed by atoms with van der Waals surface area (Å²) in [4.78, 5) is 43.1. The number of halogens is 1. The van der Waals surface area contributed by atoms with Gasteiger partial charge in [-0.05, 0) is 40.9 Å². The highest BCUT2D eigenvalue weighted by molar-refractivity contribution is 9.10. The molecule has 0 spiro atoms. The van der Waals surface area contributed by atoms with Crippen LogP contribution in [-0.2, 0) is 27.8 Å². The third kappa shape index (κ3) is 4.98. The molecular weight excluding hydrogens is 502 g/mol. The SMILES string of the molecule is CC[C@H](C(=O)N1CCN=C1Nc1ccc2[nH]cnc2c1Br)[C@H](COC(C)=O)Cc1cncn1C. The predicted molar refractivity (Wildman–Crippen MR) is 132 cm³/mol. The first-order chi connectivity index (χ1) is 16.4. The number of amides is 1. The average molecular weight is 530 g/mol. The Labute approximate surface area is 205 Å². The van der Waals surface area contributed by atoms with Crippen LogP contribution >= 0.6 is 15.9 Å². The lowest BCUT2D eigenvalue weighted by Crippen LogP contribution is -2.45. The minimum atomic E-state index is -0.360. The summed E-state index contributed by atoms with van der Waals surface area (Å²) in [7, 11) is 1.91. The smallest absolute Gasteiger partial charge is 0.302 e. The molecule has 1 amide bonds. The molecule has 0 unspecified atom stereocenters. The van der Waals surface area contributed by atoms with E-state index in [9.17, 15) is 9.59 Å². The number of aryl methyl sites for hydroxylation is 1. The van der Waals surface area contributed by atoms with E-state index in [0.29, 0.717) is 31.9 Å². The largest absolute Gasteiger partial charge is 0.466 e. The second-order valence-corrected chi connectivity index (χ2v) is 9.12. The summed E-state index contributed by atoms with van der Waals surface area (Å²) < 4.78 is 8.08. The minimum absolute atomic E-state index is 0.0393. The highest BCUT2D eigenvalue weighted by Gasteiger charge is 2.35. The van der Waals surface area contributed by atoms with Crippen molar-refractivity contribution >= 4 is 50.5 Å². The number of anilines is 1. The van der Waals surface area contributed by atoms with Crippen LogP contribution in [0.15, 0.2) is 40.4 Å². The molecule has 4 rings (SSSR count). The number of carbonyl (C=O) groups excluding carboxylic acids is 2. The molecule has 11 heteroatoms. The number of guanidine groups is 1. The van der Waals surface area contributed by atoms with E-state index < -0.39 is 0 Å². The summed E-state index contributed by atoms with van der Waals surface area (Å²) in [6.07, 6.45) is 6.33. The summed E-state index contributed by atoms with van der Waals surface area (Å²) in [6.45, 7) is 4.54. The van der Waals surface area contributed by atoms with Gasteiger partial charge < -0.3 is 19.6 Å². The van der Waals surface area contributed by atoms with Crippen molar-refractivity contribution in [2.24, 2.45) is 23.9 Å². The summed E-state index contributed by atoms with van der Waals surface area (Å²) in [5.74, 6) is -0.434. The quantitative estimate of drug-likeness (QED) is 0.433. The summed E-state index contributed by atoms with van der Waals surface area (Å²) in [5, 5.41) is 3.30. The predicted octanol–water partition coefficient (Wildman–Crippen LogP) is 3.12. The van der Waals surface area contributed by atoms with Gasteiger partial charge in [-0.1, -0.05) is 6.92 Å². The molecule has 0 radical (unpaired) electrons. The van der Waals surface area contributed by atoms with Crippen molar-refractivity contribution < 1.29 is 14.3 Å². The zero-order chi connectivity index (χ0) is 24.2. The van der Waals surface area contributed by atoms with Crippen LogP contribution < -0.4 is 5.32 Å². The maximum Gasteiger partial charge on any atom is 0.302 e. The zero-order valence-electron chi connectivity index (χ0n) is 19.4. The van der Waals surface area contributed by atoms with E-state index in [1.165, 1.54) is 6.92 Å². The number of aliphatic imine (C=N–C) groups is 1. The summed E-state index contributed by atoms with van der Waals surface area (Å²) in [5.41, 5.74) is 3.46. The van der Waals surface area contributed by atoms with E-state index in [-0.39, 0.29) is 30.3 Å². The van der Waals surface area contributed by atoms with Gasteiger partial charge in [0.2, 0.25) is 11.9 Å². The van der Waals surface area contributed by atoms with Crippen LogP contribution in [-0.4, -0.2) is 62.0 Å². The fourth-order valence-electron chi connectivity index (χ4n) is 4.26. The summed E-state index contributed by atoms with van der Waals surface area (Å²) >= 11 is 3.61. The maximum atomic E-state index is 13.7. The number of fused-ring (bicyclic) bond motifs is 1. The molecule has 0 saturated heterocycles. The maximum absolute atomic E-state index is 13.7. The number of H-pyrrole nitrogens is 1. The third-order valence-corrected chi connectivity index (χ3v) is 6.90. The number of carbonyl (C=O) groups is 2. The first-order valence-electron chi connectivity index (χ1n) is 11.2. The van der Waals surface area contributed by atoms with E-state index in [0.717, 1.165) is 26.9 Å². The molecule has 2 N–H and O–H groups in total. The van der Waals surface area contributed by atoms with Gasteiger partial charge in [-0.25, -0.2) is 9.97 Å². The first-order valence-corrected chi connectivity index (χ1v) is 12.0. The van der Waals surface area contributed by atoms with Crippen LogP contribution in [0.2, 0.25) is 0 Å². The van der Waals surface area contributed by atoms with Crippen molar-refractivity contribution in [2.45, 2.75) is 26.7 Å². The van der Waals surface area contributed by atoms with Crippen LogP contribution in [0.25, 0.3) is 11.0 Å².